The zero-order valence-electron chi connectivity index (χ0n) is 13.5. The van der Waals surface area contributed by atoms with Crippen molar-refractivity contribution in [2.24, 2.45) is 0 Å². The number of aryl methyl sites for hydroxylation is 1. The molecule has 0 fully saturated rings. The molecule has 0 radical (unpaired) electrons. The van der Waals surface area contributed by atoms with Crippen LogP contribution >= 0.6 is 11.6 Å². The summed E-state index contributed by atoms with van der Waals surface area (Å²) in [5.41, 5.74) is 2.28. The predicted molar refractivity (Wildman–Crippen MR) is 95.3 cm³/mol. The van der Waals surface area contributed by atoms with Gasteiger partial charge < -0.3 is 14.6 Å². The van der Waals surface area contributed by atoms with Crippen LogP contribution in [-0.2, 0) is 9.45 Å². The molecule has 1 aromatic heterocycles. The summed E-state index contributed by atoms with van der Waals surface area (Å²) in [6, 6.07) is 6.84. The zero-order valence-corrected chi connectivity index (χ0v) is 14.3. The van der Waals surface area contributed by atoms with Crippen LogP contribution in [0.2, 0.25) is 5.02 Å². The van der Waals surface area contributed by atoms with Gasteiger partial charge >= 0.3 is 14.0 Å². The Morgan fingerprint density at radius 1 is 1.38 bits per heavy atom. The summed E-state index contributed by atoms with van der Waals surface area (Å²) >= 11 is 6.00. The van der Waals surface area contributed by atoms with Gasteiger partial charge in [0.15, 0.2) is 5.69 Å². The fraction of sp³-hybridized carbons (Fsp3) is 0.133. The van der Waals surface area contributed by atoms with Crippen LogP contribution in [0.15, 0.2) is 30.5 Å². The minimum atomic E-state index is -0.577. The molecule has 0 aliphatic heterocycles. The zero-order chi connectivity index (χ0) is 17.9. The van der Waals surface area contributed by atoms with Crippen molar-refractivity contribution in [3.63, 3.8) is 0 Å². The van der Waals surface area contributed by atoms with Crippen molar-refractivity contribution >= 4 is 39.5 Å². The van der Waals surface area contributed by atoms with Crippen LogP contribution < -0.4 is 0 Å². The molecule has 6 nitrogen and oxygen atoms in total. The Labute approximate surface area is 146 Å². The number of aromatic hydroxyl groups is 1. The number of carbonyl (C=O) groups excluding carboxylic acids is 2. The number of carbonyl (C=O) groups is 2. The van der Waals surface area contributed by atoms with Gasteiger partial charge in [-0.3, -0.25) is 9.59 Å². The predicted octanol–water partition coefficient (Wildman–Crippen LogP) is 0.498. The molecule has 9 heteroatoms. The van der Waals surface area contributed by atoms with Crippen LogP contribution in [0, 0.1) is 6.92 Å². The van der Waals surface area contributed by atoms with Crippen molar-refractivity contribution in [1.29, 1.82) is 0 Å². The van der Waals surface area contributed by atoms with Crippen molar-refractivity contribution in [2.75, 3.05) is 6.54 Å². The Morgan fingerprint density at radius 3 is 2.71 bits per heavy atom. The second kappa shape index (κ2) is 7.40. The molecule has 0 aliphatic carbocycles. The molecule has 0 atom stereocenters. The molecule has 0 aliphatic rings. The number of amides is 1. The van der Waals surface area contributed by atoms with E-state index in [1.807, 2.05) is 13.0 Å². The molecule has 0 saturated carbocycles. The molecule has 0 bridgehead atoms. The van der Waals surface area contributed by atoms with Crippen LogP contribution in [0.3, 0.4) is 0 Å². The molecule has 122 valence electrons. The van der Waals surface area contributed by atoms with Gasteiger partial charge in [-0.25, -0.2) is 4.98 Å². The highest BCUT2D eigenvalue weighted by Gasteiger charge is 2.20. The van der Waals surface area contributed by atoms with Crippen molar-refractivity contribution in [2.45, 2.75) is 6.92 Å². The number of halogens is 1. The lowest BCUT2D eigenvalue weighted by molar-refractivity contribution is -0.133. The standard InChI is InChI=1S/C15H15B2ClN2O4/c1-8-2-3-10(18)5-11(8)9-4-12(21)14(19-6-9)15(23)20(16)7-13(22)24-17/h2-6,21H,7,16-17H2,1H3. The van der Waals surface area contributed by atoms with Gasteiger partial charge in [0.25, 0.3) is 5.91 Å². The van der Waals surface area contributed by atoms with Crippen LogP contribution in [0.1, 0.15) is 16.1 Å². The summed E-state index contributed by atoms with van der Waals surface area (Å²) in [4.78, 5) is 28.7. The Hall–Kier alpha value is -2.47. The van der Waals surface area contributed by atoms with Crippen LogP contribution in [-0.4, -0.2) is 49.4 Å². The fourth-order valence-electron chi connectivity index (χ4n) is 2.18. The summed E-state index contributed by atoms with van der Waals surface area (Å²) in [6.07, 6.45) is 1.48. The van der Waals surface area contributed by atoms with E-state index in [4.69, 9.17) is 11.6 Å². The topological polar surface area (TPSA) is 79.7 Å². The van der Waals surface area contributed by atoms with Crippen molar-refractivity contribution < 1.29 is 19.3 Å². The smallest absolute Gasteiger partial charge is 0.326 e. The van der Waals surface area contributed by atoms with Crippen molar-refractivity contribution in [3.8, 4) is 16.9 Å². The second-order valence-electron chi connectivity index (χ2n) is 5.29. The van der Waals surface area contributed by atoms with Gasteiger partial charge in [-0.2, -0.15) is 0 Å². The van der Waals surface area contributed by atoms with Crippen LogP contribution in [0.4, 0.5) is 0 Å². The maximum absolute atomic E-state index is 12.3. The van der Waals surface area contributed by atoms with E-state index in [0.717, 1.165) is 15.9 Å². The molecule has 24 heavy (non-hydrogen) atoms. The lowest BCUT2D eigenvalue weighted by Crippen LogP contribution is -2.34. The minimum Gasteiger partial charge on any atom is -0.542 e. The Kier molecular flexibility index (Phi) is 5.51. The molecule has 2 rings (SSSR count). The summed E-state index contributed by atoms with van der Waals surface area (Å²) < 4.78 is 4.51. The van der Waals surface area contributed by atoms with Gasteiger partial charge in [-0.15, -0.1) is 0 Å². The first kappa shape index (κ1) is 17.9. The normalized spacial score (nSPS) is 10.2. The van der Waals surface area contributed by atoms with E-state index in [0.29, 0.717) is 10.6 Å². The minimum absolute atomic E-state index is 0.134. The van der Waals surface area contributed by atoms with Gasteiger partial charge in [0, 0.05) is 16.8 Å². The maximum atomic E-state index is 12.3. The number of nitrogens with zero attached hydrogens (tertiary/aromatic N) is 2. The quantitative estimate of drug-likeness (QED) is 0.817. The summed E-state index contributed by atoms with van der Waals surface area (Å²) in [5.74, 6) is -1.41. The molecule has 1 heterocycles. The van der Waals surface area contributed by atoms with E-state index in [-0.39, 0.29) is 18.0 Å². The summed E-state index contributed by atoms with van der Waals surface area (Å²) in [5, 5.41) is 10.7. The first-order chi connectivity index (χ1) is 11.3. The first-order valence-electron chi connectivity index (χ1n) is 7.11. The Bertz CT molecular complexity index is 801. The number of pyridine rings is 1. The van der Waals surface area contributed by atoms with E-state index in [1.54, 1.807) is 12.1 Å². The third kappa shape index (κ3) is 3.89. The molecule has 0 unspecified atom stereocenters. The highest BCUT2D eigenvalue weighted by Crippen LogP contribution is 2.29. The van der Waals surface area contributed by atoms with Gasteiger partial charge in [0.05, 0.1) is 0 Å². The molecule has 0 spiro atoms. The lowest BCUT2D eigenvalue weighted by atomic mass is 10.0. The SMILES string of the molecule is BOC(=O)CN(B)C(=O)c1ncc(-c2cc(Cl)ccc2C)cc1O. The second-order valence-corrected chi connectivity index (χ2v) is 5.72. The monoisotopic (exact) mass is 344 g/mol. The molecule has 1 aromatic carbocycles. The molecule has 2 aromatic rings. The largest absolute Gasteiger partial charge is 0.542 e. The van der Waals surface area contributed by atoms with Crippen molar-refractivity contribution in [1.82, 2.24) is 9.79 Å². The number of hydrogen-bond donors (Lipinski definition) is 1. The highest BCUT2D eigenvalue weighted by atomic mass is 35.5. The maximum Gasteiger partial charge on any atom is 0.326 e. The first-order valence-corrected chi connectivity index (χ1v) is 7.49. The fourth-order valence-corrected chi connectivity index (χ4v) is 2.35. The Balaban J connectivity index is 2.31. The third-order valence-corrected chi connectivity index (χ3v) is 3.76. The van der Waals surface area contributed by atoms with Gasteiger partial charge in [-0.1, -0.05) is 17.7 Å². The lowest BCUT2D eigenvalue weighted by Gasteiger charge is -2.17. The average molecular weight is 344 g/mol. The average Bonchev–Trinajstić information content (AvgIpc) is 2.56. The number of aromatic nitrogens is 1. The van der Waals surface area contributed by atoms with E-state index < -0.39 is 11.9 Å². The van der Waals surface area contributed by atoms with Crippen LogP contribution in [0.5, 0.6) is 5.75 Å². The van der Waals surface area contributed by atoms with E-state index in [2.05, 4.69) is 9.64 Å². The molecule has 1 amide bonds. The summed E-state index contributed by atoms with van der Waals surface area (Å²) in [6.45, 7) is 1.68. The molecular formula is C15H15B2ClN2O4. The number of rotatable bonds is 4. The molecule has 0 saturated heterocycles. The van der Waals surface area contributed by atoms with Crippen LogP contribution in [0.25, 0.3) is 11.1 Å². The van der Waals surface area contributed by atoms with E-state index in [1.165, 1.54) is 28.3 Å². The van der Waals surface area contributed by atoms with Gasteiger partial charge in [0.2, 0.25) is 7.98 Å². The third-order valence-electron chi connectivity index (χ3n) is 3.52. The van der Waals surface area contributed by atoms with E-state index in [9.17, 15) is 14.7 Å². The molecule has 1 N–H and O–H groups in total. The summed E-state index contributed by atoms with van der Waals surface area (Å²) in [7, 11) is 2.66. The Morgan fingerprint density at radius 2 is 2.08 bits per heavy atom. The number of benzene rings is 1. The van der Waals surface area contributed by atoms with Gasteiger partial charge in [-0.05, 0) is 36.2 Å². The molecular weight excluding hydrogens is 329 g/mol. The van der Waals surface area contributed by atoms with Crippen molar-refractivity contribution in [3.05, 3.63) is 46.7 Å². The number of hydrogen-bond acceptors (Lipinski definition) is 5. The van der Waals surface area contributed by atoms with E-state index >= 15 is 0 Å². The van der Waals surface area contributed by atoms with Gasteiger partial charge in [0.1, 0.15) is 12.3 Å². The highest BCUT2D eigenvalue weighted by molar-refractivity contribution is 6.30.